The molecule has 3 rings (SSSR count). The lowest BCUT2D eigenvalue weighted by Crippen LogP contribution is -2.44. The number of nitrogens with one attached hydrogen (secondary N) is 1. The summed E-state index contributed by atoms with van der Waals surface area (Å²) >= 11 is 0. The molecule has 158 valence electrons. The van der Waals surface area contributed by atoms with Gasteiger partial charge in [0, 0.05) is 12.0 Å². The Morgan fingerprint density at radius 3 is 2.27 bits per heavy atom. The van der Waals surface area contributed by atoms with Gasteiger partial charge in [0.15, 0.2) is 0 Å². The Kier molecular flexibility index (Phi) is 5.45. The van der Waals surface area contributed by atoms with Crippen LogP contribution in [0.4, 0.5) is 13.2 Å². The molecular weight excluding hydrogens is 397 g/mol. The topological polar surface area (TPSA) is 66.5 Å². The minimum atomic E-state index is -4.46. The molecule has 0 saturated carbocycles. The van der Waals surface area contributed by atoms with E-state index < -0.39 is 41.4 Å². The molecule has 0 unspecified atom stereocenters. The van der Waals surface area contributed by atoms with Gasteiger partial charge >= 0.3 is 6.18 Å². The van der Waals surface area contributed by atoms with Crippen molar-refractivity contribution in [3.05, 3.63) is 70.3 Å². The molecule has 0 spiro atoms. The van der Waals surface area contributed by atoms with Crippen LogP contribution in [0.2, 0.25) is 0 Å². The Hall–Kier alpha value is -3.16. The number of halogens is 3. The van der Waals surface area contributed by atoms with Gasteiger partial charge < -0.3 is 5.32 Å². The molecule has 8 heteroatoms. The number of hydrogen-bond acceptors (Lipinski definition) is 3. The Morgan fingerprint density at radius 1 is 0.967 bits per heavy atom. The number of carbonyl (C=O) groups is 3. The number of aryl methyl sites for hydroxylation is 1. The molecule has 0 saturated heterocycles. The second kappa shape index (κ2) is 7.59. The Balaban J connectivity index is 1.66. The molecule has 0 fully saturated rings. The van der Waals surface area contributed by atoms with Gasteiger partial charge in [0.05, 0.1) is 16.7 Å². The predicted octanol–water partition coefficient (Wildman–Crippen LogP) is 3.70. The lowest BCUT2D eigenvalue weighted by Gasteiger charge is -2.27. The fraction of sp³-hybridized carbons (Fsp3) is 0.318. The first-order chi connectivity index (χ1) is 13.9. The zero-order valence-electron chi connectivity index (χ0n) is 16.8. The van der Waals surface area contributed by atoms with E-state index in [9.17, 15) is 27.6 Å². The highest BCUT2D eigenvalue weighted by molar-refractivity contribution is 6.22. The molecule has 1 N–H and O–H groups in total. The number of amides is 3. The second-order valence-corrected chi connectivity index (χ2v) is 7.98. The molecule has 1 aliphatic rings. The number of carbonyl (C=O) groups excluding carboxylic acids is 3. The predicted molar refractivity (Wildman–Crippen MR) is 104 cm³/mol. The summed E-state index contributed by atoms with van der Waals surface area (Å²) in [5, 5.41) is 2.62. The summed E-state index contributed by atoms with van der Waals surface area (Å²) in [5.74, 6) is -1.64. The molecule has 0 atom stereocenters. The van der Waals surface area contributed by atoms with Crippen molar-refractivity contribution in [2.24, 2.45) is 0 Å². The van der Waals surface area contributed by atoms with Gasteiger partial charge in [-0.3, -0.25) is 19.3 Å². The zero-order chi connectivity index (χ0) is 22.3. The van der Waals surface area contributed by atoms with Gasteiger partial charge in [-0.05, 0) is 30.7 Å². The first-order valence-electron chi connectivity index (χ1n) is 9.31. The fourth-order valence-corrected chi connectivity index (χ4v) is 3.29. The van der Waals surface area contributed by atoms with E-state index in [1.54, 1.807) is 45.0 Å². The van der Waals surface area contributed by atoms with E-state index in [2.05, 4.69) is 5.32 Å². The Labute approximate surface area is 171 Å². The summed E-state index contributed by atoms with van der Waals surface area (Å²) in [6.45, 7) is 4.78. The number of rotatable bonds is 5. The van der Waals surface area contributed by atoms with Gasteiger partial charge in [0.2, 0.25) is 5.91 Å². The van der Waals surface area contributed by atoms with Crippen molar-refractivity contribution >= 4 is 17.7 Å². The molecule has 2 aromatic carbocycles. The number of imide groups is 1. The van der Waals surface area contributed by atoms with Crippen LogP contribution in [0.3, 0.4) is 0 Å². The molecule has 0 radical (unpaired) electrons. The average Bonchev–Trinajstić information content (AvgIpc) is 2.90. The quantitative estimate of drug-likeness (QED) is 0.753. The molecule has 1 aliphatic heterocycles. The fourth-order valence-electron chi connectivity index (χ4n) is 3.29. The van der Waals surface area contributed by atoms with E-state index in [1.165, 1.54) is 6.07 Å². The summed E-state index contributed by atoms with van der Waals surface area (Å²) < 4.78 is 38.9. The molecule has 0 aliphatic carbocycles. The van der Waals surface area contributed by atoms with Crippen molar-refractivity contribution in [2.75, 3.05) is 13.1 Å². The lowest BCUT2D eigenvalue weighted by molar-refractivity contribution is -0.137. The van der Waals surface area contributed by atoms with Crippen LogP contribution >= 0.6 is 0 Å². The zero-order valence-corrected chi connectivity index (χ0v) is 16.8. The minimum absolute atomic E-state index is 0.0371. The maximum absolute atomic E-state index is 13.0. The van der Waals surface area contributed by atoms with Crippen molar-refractivity contribution < 1.29 is 27.6 Å². The molecule has 5 nitrogen and oxygen atoms in total. The van der Waals surface area contributed by atoms with E-state index >= 15 is 0 Å². The van der Waals surface area contributed by atoms with Crippen LogP contribution in [-0.2, 0) is 16.4 Å². The number of nitrogens with zero attached hydrogens (tertiary/aromatic N) is 1. The maximum Gasteiger partial charge on any atom is 0.416 e. The van der Waals surface area contributed by atoms with Gasteiger partial charge in [-0.2, -0.15) is 13.2 Å². The summed E-state index contributed by atoms with van der Waals surface area (Å²) in [4.78, 5) is 38.1. The van der Waals surface area contributed by atoms with Crippen LogP contribution in [0.1, 0.15) is 51.3 Å². The first-order valence-corrected chi connectivity index (χ1v) is 9.31. The molecular formula is C22H21F3N2O3. The summed E-state index contributed by atoms with van der Waals surface area (Å²) in [7, 11) is 0. The molecule has 30 heavy (non-hydrogen) atoms. The van der Waals surface area contributed by atoms with Crippen molar-refractivity contribution in [1.29, 1.82) is 0 Å². The molecule has 3 amide bonds. The largest absolute Gasteiger partial charge is 0.416 e. The van der Waals surface area contributed by atoms with Crippen LogP contribution in [-0.4, -0.2) is 35.7 Å². The highest BCUT2D eigenvalue weighted by atomic mass is 19.4. The van der Waals surface area contributed by atoms with Crippen molar-refractivity contribution in [1.82, 2.24) is 10.2 Å². The van der Waals surface area contributed by atoms with E-state index in [-0.39, 0.29) is 17.7 Å². The summed E-state index contributed by atoms with van der Waals surface area (Å²) in [6.07, 6.45) is -4.46. The van der Waals surface area contributed by atoms with E-state index in [0.29, 0.717) is 5.56 Å². The monoisotopic (exact) mass is 418 g/mol. The van der Waals surface area contributed by atoms with Crippen LogP contribution in [0, 0.1) is 6.92 Å². The van der Waals surface area contributed by atoms with E-state index in [1.807, 2.05) is 0 Å². The Bertz CT molecular complexity index is 1030. The lowest BCUT2D eigenvalue weighted by atomic mass is 9.83. The van der Waals surface area contributed by atoms with Gasteiger partial charge in [0.1, 0.15) is 6.54 Å². The van der Waals surface area contributed by atoms with E-state index in [0.717, 1.165) is 22.6 Å². The first kappa shape index (κ1) is 21.5. The average molecular weight is 418 g/mol. The third-order valence-corrected chi connectivity index (χ3v) is 5.13. The third kappa shape index (κ3) is 4.22. The van der Waals surface area contributed by atoms with Crippen LogP contribution in [0.5, 0.6) is 0 Å². The van der Waals surface area contributed by atoms with Gasteiger partial charge in [-0.1, -0.05) is 43.7 Å². The maximum atomic E-state index is 13.0. The molecule has 0 aromatic heterocycles. The third-order valence-electron chi connectivity index (χ3n) is 5.13. The number of hydrogen-bond donors (Lipinski definition) is 1. The molecule has 2 aromatic rings. The minimum Gasteiger partial charge on any atom is -0.354 e. The van der Waals surface area contributed by atoms with Crippen molar-refractivity contribution in [3.8, 4) is 0 Å². The standard InChI is InChI=1S/C22H21F3N2O3/c1-13-7-8-16-17(9-13)20(30)27(19(16)29)11-18(28)26-12-21(2,3)14-5-4-6-15(10-14)22(23,24)25/h4-10H,11-12H2,1-3H3,(H,26,28). The number of benzene rings is 2. The SMILES string of the molecule is Cc1ccc2c(c1)C(=O)N(CC(=O)NCC(C)(C)c1cccc(C(F)(F)F)c1)C2=O. The summed E-state index contributed by atoms with van der Waals surface area (Å²) in [6, 6.07) is 9.80. The molecule has 1 heterocycles. The van der Waals surface area contributed by atoms with Crippen molar-refractivity contribution in [2.45, 2.75) is 32.4 Å². The number of fused-ring (bicyclic) bond motifs is 1. The Morgan fingerprint density at radius 2 is 1.60 bits per heavy atom. The van der Waals surface area contributed by atoms with Crippen LogP contribution in [0.15, 0.2) is 42.5 Å². The molecule has 0 bridgehead atoms. The van der Waals surface area contributed by atoms with Gasteiger partial charge in [-0.25, -0.2) is 0 Å². The second-order valence-electron chi connectivity index (χ2n) is 7.98. The van der Waals surface area contributed by atoms with Crippen LogP contribution in [0.25, 0.3) is 0 Å². The smallest absolute Gasteiger partial charge is 0.354 e. The number of alkyl halides is 3. The van der Waals surface area contributed by atoms with Crippen molar-refractivity contribution in [3.63, 3.8) is 0 Å². The van der Waals surface area contributed by atoms with Gasteiger partial charge in [0.25, 0.3) is 11.8 Å². The highest BCUT2D eigenvalue weighted by Crippen LogP contribution is 2.32. The van der Waals surface area contributed by atoms with Crippen LogP contribution < -0.4 is 5.32 Å². The normalized spacial score (nSPS) is 14.1. The highest BCUT2D eigenvalue weighted by Gasteiger charge is 2.37. The van der Waals surface area contributed by atoms with Gasteiger partial charge in [-0.15, -0.1) is 0 Å². The van der Waals surface area contributed by atoms with E-state index in [4.69, 9.17) is 0 Å². The summed E-state index contributed by atoms with van der Waals surface area (Å²) in [5.41, 5.74) is 0.189.